The highest BCUT2D eigenvalue weighted by Gasteiger charge is 1.91. The summed E-state index contributed by atoms with van der Waals surface area (Å²) in [5, 5.41) is 0. The van der Waals surface area contributed by atoms with Gasteiger partial charge in [-0.2, -0.15) is 0 Å². The largest absolute Gasteiger partial charge is 0.370 e. The van der Waals surface area contributed by atoms with Crippen molar-refractivity contribution in [3.8, 4) is 0 Å². The number of rotatable bonds is 2. The lowest BCUT2D eigenvalue weighted by atomic mass is 10.8. The highest BCUT2D eigenvalue weighted by atomic mass is 28.2. The van der Waals surface area contributed by atoms with Gasteiger partial charge in [0.15, 0.2) is 0 Å². The second kappa shape index (κ2) is 4.08. The number of carbonyl (C=O) groups excluding carboxylic acids is 2. The van der Waals surface area contributed by atoms with E-state index in [-0.39, 0.29) is 11.8 Å². The van der Waals surface area contributed by atoms with Crippen LogP contribution >= 0.6 is 0 Å². The zero-order valence-corrected chi connectivity index (χ0v) is 6.94. The second-order valence-corrected chi connectivity index (χ2v) is 2.70. The molecule has 4 nitrogen and oxygen atoms in total. The molecule has 0 aliphatic rings. The van der Waals surface area contributed by atoms with Crippen molar-refractivity contribution < 1.29 is 9.59 Å². The van der Waals surface area contributed by atoms with Crippen molar-refractivity contribution in [1.29, 1.82) is 0 Å². The van der Waals surface area contributed by atoms with Crippen LogP contribution in [0.4, 0.5) is 0 Å². The van der Waals surface area contributed by atoms with Crippen LogP contribution in [0.2, 0.25) is 0 Å². The molecule has 0 atom stereocenters. The lowest BCUT2D eigenvalue weighted by molar-refractivity contribution is -0.117. The Bertz CT molecular complexity index is 112. The summed E-state index contributed by atoms with van der Waals surface area (Å²) in [6.07, 6.45) is 0. The Kier molecular flexibility index (Phi) is 3.70. The molecule has 2 N–H and O–H groups in total. The summed E-state index contributed by atoms with van der Waals surface area (Å²) in [4.78, 5) is 25.5. The topological polar surface area (TPSA) is 58.2 Å². The summed E-state index contributed by atoms with van der Waals surface area (Å²) in [6, 6.07) is 0. The Labute approximate surface area is 56.0 Å². The smallest absolute Gasteiger partial charge is 0.230 e. The third-order valence-electron chi connectivity index (χ3n) is 0.675. The van der Waals surface area contributed by atoms with E-state index in [1.807, 2.05) is 0 Å². The molecule has 0 unspecified atom stereocenters. The molecule has 0 radical (unpaired) electrons. The van der Waals surface area contributed by atoms with E-state index in [1.165, 1.54) is 13.8 Å². The zero-order chi connectivity index (χ0) is 7.28. The van der Waals surface area contributed by atoms with E-state index in [0.29, 0.717) is 0 Å². The normalized spacial score (nSPS) is 8.22. The molecule has 0 aliphatic heterocycles. The fourth-order valence-corrected chi connectivity index (χ4v) is 0.879. The predicted molar refractivity (Wildman–Crippen MR) is 36.2 cm³/mol. The molecule has 0 aromatic carbocycles. The highest BCUT2D eigenvalue weighted by molar-refractivity contribution is 6.38. The second-order valence-electron chi connectivity index (χ2n) is 1.64. The monoisotopic (exact) mass is 146 g/mol. The Morgan fingerprint density at radius 3 is 1.67 bits per heavy atom. The van der Waals surface area contributed by atoms with Crippen LogP contribution in [0.1, 0.15) is 13.8 Å². The molecular weight excluding hydrogens is 136 g/mol. The summed E-state index contributed by atoms with van der Waals surface area (Å²) in [6.45, 7) is 2.85. The van der Waals surface area contributed by atoms with Gasteiger partial charge >= 0.3 is 0 Å². The average Bonchev–Trinajstić information content (AvgIpc) is 1.63. The van der Waals surface area contributed by atoms with Gasteiger partial charge < -0.3 is 9.96 Å². The van der Waals surface area contributed by atoms with Gasteiger partial charge in [0.2, 0.25) is 21.7 Å². The Morgan fingerprint density at radius 1 is 1.11 bits per heavy atom. The van der Waals surface area contributed by atoms with Gasteiger partial charge in [-0.3, -0.25) is 9.59 Å². The van der Waals surface area contributed by atoms with E-state index in [9.17, 15) is 9.59 Å². The first-order chi connectivity index (χ1) is 4.13. The van der Waals surface area contributed by atoms with Crippen molar-refractivity contribution in [2.45, 2.75) is 13.8 Å². The van der Waals surface area contributed by atoms with Crippen molar-refractivity contribution in [3.63, 3.8) is 0 Å². The van der Waals surface area contributed by atoms with Crippen molar-refractivity contribution in [2.75, 3.05) is 0 Å². The fourth-order valence-electron chi connectivity index (χ4n) is 0.293. The van der Waals surface area contributed by atoms with E-state index < -0.39 is 9.84 Å². The maximum absolute atomic E-state index is 10.2. The molecule has 9 heavy (non-hydrogen) atoms. The lowest BCUT2D eigenvalue weighted by Gasteiger charge is -1.98. The summed E-state index contributed by atoms with van der Waals surface area (Å²) in [5.74, 6) is -0.175. The van der Waals surface area contributed by atoms with Gasteiger partial charge in [0.25, 0.3) is 0 Å². The molecule has 0 bridgehead atoms. The SMILES string of the molecule is CC(=O)N[SiH2]NC(C)=O. The van der Waals surface area contributed by atoms with Crippen LogP contribution in [-0.4, -0.2) is 21.7 Å². The standard InChI is InChI=1S/C4H10N2O2Si/c1-3(7)5-9-6-4(2)8/h9H2,1-2H3,(H,5,7)(H,6,8). The number of amides is 2. The predicted octanol–water partition coefficient (Wildman–Crippen LogP) is -1.74. The molecule has 0 spiro atoms. The summed E-state index contributed by atoms with van der Waals surface area (Å²) < 4.78 is 0. The van der Waals surface area contributed by atoms with E-state index >= 15 is 0 Å². The molecule has 52 valence electrons. The van der Waals surface area contributed by atoms with Gasteiger partial charge in [0.1, 0.15) is 0 Å². The van der Waals surface area contributed by atoms with Crippen LogP contribution in [0.3, 0.4) is 0 Å². The van der Waals surface area contributed by atoms with Gasteiger partial charge in [0.05, 0.1) is 0 Å². The first kappa shape index (κ1) is 8.16. The van der Waals surface area contributed by atoms with Gasteiger partial charge in [-0.1, -0.05) is 0 Å². The van der Waals surface area contributed by atoms with Gasteiger partial charge in [-0.15, -0.1) is 0 Å². The summed E-state index contributed by atoms with van der Waals surface area (Å²) in [7, 11) is -0.883. The number of nitrogens with one attached hydrogen (secondary N) is 2. The van der Waals surface area contributed by atoms with E-state index in [2.05, 4.69) is 9.96 Å². The molecule has 0 aliphatic carbocycles. The van der Waals surface area contributed by atoms with Crippen molar-refractivity contribution in [2.24, 2.45) is 0 Å². The zero-order valence-electron chi connectivity index (χ0n) is 5.52. The van der Waals surface area contributed by atoms with E-state index in [1.54, 1.807) is 0 Å². The molecule has 0 aromatic rings. The van der Waals surface area contributed by atoms with Crippen LogP contribution < -0.4 is 9.96 Å². The van der Waals surface area contributed by atoms with Crippen LogP contribution in [-0.2, 0) is 9.59 Å². The lowest BCUT2D eigenvalue weighted by Crippen LogP contribution is -2.38. The molecule has 0 saturated carbocycles. The molecule has 0 aromatic heterocycles. The third-order valence-corrected chi connectivity index (χ3v) is 2.02. The molecule has 0 rings (SSSR count). The molecule has 5 heteroatoms. The van der Waals surface area contributed by atoms with Gasteiger partial charge in [0, 0.05) is 13.8 Å². The van der Waals surface area contributed by atoms with E-state index in [4.69, 9.17) is 0 Å². The number of hydrogen-bond acceptors (Lipinski definition) is 2. The van der Waals surface area contributed by atoms with E-state index in [0.717, 1.165) is 0 Å². The van der Waals surface area contributed by atoms with Crippen LogP contribution in [0.5, 0.6) is 0 Å². The summed E-state index contributed by atoms with van der Waals surface area (Å²) >= 11 is 0. The minimum Gasteiger partial charge on any atom is -0.370 e. The first-order valence-corrected chi connectivity index (χ1v) is 4.03. The van der Waals surface area contributed by atoms with Crippen LogP contribution in [0, 0.1) is 0 Å². The Morgan fingerprint density at radius 2 is 1.44 bits per heavy atom. The van der Waals surface area contributed by atoms with Gasteiger partial charge in [-0.25, -0.2) is 0 Å². The fraction of sp³-hybridized carbons (Fsp3) is 0.500. The minimum atomic E-state index is -0.883. The van der Waals surface area contributed by atoms with Crippen LogP contribution in [0.15, 0.2) is 0 Å². The summed E-state index contributed by atoms with van der Waals surface area (Å²) in [5.41, 5.74) is 0. The van der Waals surface area contributed by atoms with Gasteiger partial charge in [-0.05, 0) is 0 Å². The molecule has 0 heterocycles. The third kappa shape index (κ3) is 7.16. The molecular formula is C4H10N2O2Si. The number of carbonyl (C=O) groups is 2. The van der Waals surface area contributed by atoms with Crippen molar-refractivity contribution >= 4 is 21.7 Å². The highest BCUT2D eigenvalue weighted by Crippen LogP contribution is 1.55. The minimum absolute atomic E-state index is 0.0876. The maximum Gasteiger partial charge on any atom is 0.230 e. The molecule has 0 fully saturated rings. The van der Waals surface area contributed by atoms with Crippen molar-refractivity contribution in [1.82, 2.24) is 9.96 Å². The van der Waals surface area contributed by atoms with Crippen molar-refractivity contribution in [3.05, 3.63) is 0 Å². The Balaban J connectivity index is 3.10. The maximum atomic E-state index is 10.2. The quantitative estimate of drug-likeness (QED) is 0.454. The molecule has 0 saturated heterocycles. The number of hydrogen-bond donors (Lipinski definition) is 2. The molecule has 2 amide bonds. The average molecular weight is 146 g/mol. The Hall–Kier alpha value is -0.843. The van der Waals surface area contributed by atoms with Crippen LogP contribution in [0.25, 0.3) is 0 Å². The first-order valence-electron chi connectivity index (χ1n) is 2.62.